The predicted octanol–water partition coefficient (Wildman–Crippen LogP) is 3.87. The first-order valence-corrected chi connectivity index (χ1v) is 8.44. The molecular formula is C20H25NO. The normalized spacial score (nSPS) is 32.7. The van der Waals surface area contributed by atoms with E-state index in [1.54, 1.807) is 0 Å². The summed E-state index contributed by atoms with van der Waals surface area (Å²) in [5.74, 6) is 0.655. The van der Waals surface area contributed by atoms with Crippen LogP contribution in [-0.2, 0) is 6.54 Å². The predicted molar refractivity (Wildman–Crippen MR) is 90.6 cm³/mol. The Hall–Kier alpha value is -1.38. The Morgan fingerprint density at radius 1 is 1.14 bits per heavy atom. The highest BCUT2D eigenvalue weighted by Gasteiger charge is 2.63. The Balaban J connectivity index is 1.65. The summed E-state index contributed by atoms with van der Waals surface area (Å²) in [6, 6.07) is 15.0. The van der Waals surface area contributed by atoms with Gasteiger partial charge in [-0.2, -0.15) is 0 Å². The van der Waals surface area contributed by atoms with Crippen molar-refractivity contribution in [2.45, 2.75) is 51.3 Å². The van der Waals surface area contributed by atoms with Crippen LogP contribution in [0.1, 0.15) is 38.7 Å². The third-order valence-corrected chi connectivity index (χ3v) is 6.61. The third kappa shape index (κ3) is 1.80. The lowest BCUT2D eigenvalue weighted by Crippen LogP contribution is -2.57. The topological polar surface area (TPSA) is 32.3 Å². The van der Waals surface area contributed by atoms with E-state index in [4.69, 9.17) is 0 Å². The van der Waals surface area contributed by atoms with Gasteiger partial charge in [0.25, 0.3) is 0 Å². The molecule has 2 aliphatic carbocycles. The van der Waals surface area contributed by atoms with Gasteiger partial charge in [-0.15, -0.1) is 0 Å². The van der Waals surface area contributed by atoms with Crippen LogP contribution in [0.25, 0.3) is 10.8 Å². The van der Waals surface area contributed by atoms with E-state index in [9.17, 15) is 5.11 Å². The van der Waals surface area contributed by atoms with Crippen LogP contribution in [0.5, 0.6) is 0 Å². The molecule has 0 amide bonds. The summed E-state index contributed by atoms with van der Waals surface area (Å²) >= 11 is 0. The summed E-state index contributed by atoms with van der Waals surface area (Å²) in [5.41, 5.74) is 1.39. The van der Waals surface area contributed by atoms with Crippen molar-refractivity contribution in [2.75, 3.05) is 0 Å². The lowest BCUT2D eigenvalue weighted by molar-refractivity contribution is 0.0367. The summed E-state index contributed by atoms with van der Waals surface area (Å²) in [7, 11) is 0. The summed E-state index contributed by atoms with van der Waals surface area (Å²) in [5, 5.41) is 17.0. The van der Waals surface area contributed by atoms with Crippen molar-refractivity contribution in [3.05, 3.63) is 48.0 Å². The lowest BCUT2D eigenvalue weighted by atomic mass is 9.75. The quantitative estimate of drug-likeness (QED) is 0.901. The van der Waals surface area contributed by atoms with Gasteiger partial charge in [-0.3, -0.25) is 0 Å². The van der Waals surface area contributed by atoms with E-state index >= 15 is 0 Å². The molecule has 2 saturated carbocycles. The second kappa shape index (κ2) is 4.81. The molecule has 0 unspecified atom stereocenters. The van der Waals surface area contributed by atoms with E-state index in [1.807, 2.05) is 0 Å². The van der Waals surface area contributed by atoms with Crippen LogP contribution >= 0.6 is 0 Å². The molecule has 2 aliphatic rings. The Morgan fingerprint density at radius 2 is 1.91 bits per heavy atom. The number of aliphatic hydroxyl groups is 1. The highest BCUT2D eigenvalue weighted by Crippen LogP contribution is 2.60. The van der Waals surface area contributed by atoms with Crippen molar-refractivity contribution in [3.63, 3.8) is 0 Å². The molecule has 22 heavy (non-hydrogen) atoms. The zero-order valence-electron chi connectivity index (χ0n) is 13.5. The molecule has 2 fully saturated rings. The summed E-state index contributed by atoms with van der Waals surface area (Å²) in [6.07, 6.45) is 3.08. The summed E-state index contributed by atoms with van der Waals surface area (Å²) in [6.45, 7) is 5.49. The van der Waals surface area contributed by atoms with Crippen molar-refractivity contribution in [2.24, 2.45) is 11.3 Å². The number of rotatable bonds is 3. The minimum Gasteiger partial charge on any atom is -0.391 e. The first kappa shape index (κ1) is 14.2. The van der Waals surface area contributed by atoms with Crippen LogP contribution < -0.4 is 5.32 Å². The molecule has 0 aromatic heterocycles. The second-order valence-corrected chi connectivity index (χ2v) is 7.67. The van der Waals surface area contributed by atoms with Crippen LogP contribution in [-0.4, -0.2) is 16.7 Å². The molecule has 0 saturated heterocycles. The molecule has 0 radical (unpaired) electrons. The molecule has 4 rings (SSSR count). The van der Waals surface area contributed by atoms with Crippen molar-refractivity contribution < 1.29 is 5.11 Å². The third-order valence-electron chi connectivity index (χ3n) is 6.61. The number of hydrogen-bond acceptors (Lipinski definition) is 2. The first-order valence-electron chi connectivity index (χ1n) is 8.44. The van der Waals surface area contributed by atoms with Gasteiger partial charge in [-0.05, 0) is 46.9 Å². The van der Waals surface area contributed by atoms with Gasteiger partial charge in [0.15, 0.2) is 0 Å². The largest absolute Gasteiger partial charge is 0.391 e. The Morgan fingerprint density at radius 3 is 2.64 bits per heavy atom. The maximum Gasteiger partial charge on any atom is 0.0730 e. The lowest BCUT2D eigenvalue weighted by Gasteiger charge is -2.41. The SMILES string of the molecule is CC1(C)[C@@H]2CC[C@@]1(NCc1cccc3ccccc13)[C@H](O)C2. The average Bonchev–Trinajstić information content (AvgIpc) is 2.87. The fourth-order valence-electron chi connectivity index (χ4n) is 5.06. The van der Waals surface area contributed by atoms with Gasteiger partial charge < -0.3 is 10.4 Å². The number of nitrogens with one attached hydrogen (secondary N) is 1. The molecule has 2 bridgehead atoms. The minimum atomic E-state index is -0.212. The average molecular weight is 295 g/mol. The van der Waals surface area contributed by atoms with Crippen molar-refractivity contribution >= 4 is 10.8 Å². The van der Waals surface area contributed by atoms with Crippen LogP contribution in [0.15, 0.2) is 42.5 Å². The number of fused-ring (bicyclic) bond motifs is 3. The number of aliphatic hydroxyl groups excluding tert-OH is 1. The van der Waals surface area contributed by atoms with Gasteiger partial charge in [0.1, 0.15) is 0 Å². The number of benzene rings is 2. The molecule has 0 spiro atoms. The molecule has 116 valence electrons. The fourth-order valence-corrected chi connectivity index (χ4v) is 5.06. The van der Waals surface area contributed by atoms with E-state index in [0.717, 1.165) is 19.4 Å². The Kier molecular flexibility index (Phi) is 3.11. The van der Waals surface area contributed by atoms with E-state index in [-0.39, 0.29) is 17.1 Å². The van der Waals surface area contributed by atoms with Crippen LogP contribution in [0, 0.1) is 11.3 Å². The monoisotopic (exact) mass is 295 g/mol. The zero-order valence-corrected chi connectivity index (χ0v) is 13.5. The smallest absolute Gasteiger partial charge is 0.0730 e. The summed E-state index contributed by atoms with van der Waals surface area (Å²) < 4.78 is 0. The number of hydrogen-bond donors (Lipinski definition) is 2. The van der Waals surface area contributed by atoms with Gasteiger partial charge in [0.05, 0.1) is 6.10 Å². The molecular weight excluding hydrogens is 270 g/mol. The van der Waals surface area contributed by atoms with Gasteiger partial charge in [-0.25, -0.2) is 0 Å². The van der Waals surface area contributed by atoms with Crippen molar-refractivity contribution in [1.82, 2.24) is 5.32 Å². The van der Waals surface area contributed by atoms with E-state index in [1.165, 1.54) is 22.8 Å². The van der Waals surface area contributed by atoms with E-state index in [2.05, 4.69) is 61.6 Å². The van der Waals surface area contributed by atoms with Crippen molar-refractivity contribution in [3.8, 4) is 0 Å². The van der Waals surface area contributed by atoms with Crippen LogP contribution in [0.3, 0.4) is 0 Å². The molecule has 2 N–H and O–H groups in total. The highest BCUT2D eigenvalue weighted by atomic mass is 16.3. The minimum absolute atomic E-state index is 0.116. The Labute approximate surface area is 132 Å². The molecule has 0 aliphatic heterocycles. The van der Waals surface area contributed by atoms with Crippen molar-refractivity contribution in [1.29, 1.82) is 0 Å². The molecule has 3 atom stereocenters. The molecule has 2 aromatic rings. The van der Waals surface area contributed by atoms with Crippen LogP contribution in [0.2, 0.25) is 0 Å². The molecule has 2 aromatic carbocycles. The molecule has 2 heteroatoms. The zero-order chi connectivity index (χ0) is 15.4. The first-order chi connectivity index (χ1) is 10.5. The summed E-state index contributed by atoms with van der Waals surface area (Å²) in [4.78, 5) is 0. The second-order valence-electron chi connectivity index (χ2n) is 7.67. The molecule has 0 heterocycles. The van der Waals surface area contributed by atoms with Crippen LogP contribution in [0.4, 0.5) is 0 Å². The van der Waals surface area contributed by atoms with Gasteiger partial charge >= 0.3 is 0 Å². The maximum absolute atomic E-state index is 10.6. The van der Waals surface area contributed by atoms with Gasteiger partial charge in [-0.1, -0.05) is 56.3 Å². The van der Waals surface area contributed by atoms with E-state index in [0.29, 0.717) is 5.92 Å². The van der Waals surface area contributed by atoms with Gasteiger partial charge in [0.2, 0.25) is 0 Å². The van der Waals surface area contributed by atoms with Gasteiger partial charge in [0, 0.05) is 12.1 Å². The maximum atomic E-state index is 10.6. The highest BCUT2D eigenvalue weighted by molar-refractivity contribution is 5.85. The standard InChI is InChI=1S/C20H25NO/c1-19(2)16-10-11-20(19,18(22)12-16)21-13-15-8-5-7-14-6-3-4-9-17(14)15/h3-9,16,18,21-22H,10-13H2,1-2H3/t16-,18-,20-/m1/s1. The fraction of sp³-hybridized carbons (Fsp3) is 0.500. The van der Waals surface area contributed by atoms with E-state index < -0.39 is 0 Å². The molecule has 2 nitrogen and oxygen atoms in total. The Bertz CT molecular complexity index is 702.